The standard InChI is InChI=1S/C12H8ClIN2O2/c13-9-3-1-2-4-11(9)15-8-5-6-12(16(17)18)10(14)7-8/h1-7,15H. The van der Waals surface area contributed by atoms with Crippen LogP contribution >= 0.6 is 34.2 Å². The molecule has 0 bridgehead atoms. The van der Waals surface area contributed by atoms with Gasteiger partial charge in [-0.05, 0) is 46.9 Å². The van der Waals surface area contributed by atoms with Gasteiger partial charge in [-0.15, -0.1) is 0 Å². The molecule has 0 spiro atoms. The third-order valence-electron chi connectivity index (χ3n) is 2.30. The summed E-state index contributed by atoms with van der Waals surface area (Å²) in [5.74, 6) is 0. The molecule has 2 aromatic rings. The van der Waals surface area contributed by atoms with Gasteiger partial charge in [0.15, 0.2) is 0 Å². The van der Waals surface area contributed by atoms with Crippen LogP contribution in [0.3, 0.4) is 0 Å². The van der Waals surface area contributed by atoms with Crippen molar-refractivity contribution in [3.8, 4) is 0 Å². The molecule has 0 aliphatic rings. The number of nitrogens with one attached hydrogen (secondary N) is 1. The largest absolute Gasteiger partial charge is 0.354 e. The predicted molar refractivity (Wildman–Crippen MR) is 80.5 cm³/mol. The van der Waals surface area contributed by atoms with E-state index in [4.69, 9.17) is 11.6 Å². The minimum absolute atomic E-state index is 0.0975. The summed E-state index contributed by atoms with van der Waals surface area (Å²) >= 11 is 7.96. The van der Waals surface area contributed by atoms with E-state index >= 15 is 0 Å². The Kier molecular flexibility index (Phi) is 4.03. The van der Waals surface area contributed by atoms with Crippen molar-refractivity contribution in [2.24, 2.45) is 0 Å². The fourth-order valence-electron chi connectivity index (χ4n) is 1.45. The van der Waals surface area contributed by atoms with Crippen LogP contribution in [0.2, 0.25) is 5.02 Å². The highest BCUT2D eigenvalue weighted by molar-refractivity contribution is 14.1. The number of hydrogen-bond acceptors (Lipinski definition) is 3. The lowest BCUT2D eigenvalue weighted by Gasteiger charge is -2.08. The average molecular weight is 375 g/mol. The van der Waals surface area contributed by atoms with Crippen LogP contribution in [-0.4, -0.2) is 4.92 Å². The van der Waals surface area contributed by atoms with Gasteiger partial charge >= 0.3 is 0 Å². The lowest BCUT2D eigenvalue weighted by atomic mass is 10.2. The Morgan fingerprint density at radius 1 is 1.22 bits per heavy atom. The Morgan fingerprint density at radius 3 is 2.56 bits per heavy atom. The van der Waals surface area contributed by atoms with Crippen molar-refractivity contribution >= 4 is 51.3 Å². The number of benzene rings is 2. The number of nitro benzene ring substituents is 1. The minimum Gasteiger partial charge on any atom is -0.354 e. The molecule has 0 atom stereocenters. The average Bonchev–Trinajstić information content (AvgIpc) is 2.32. The first kappa shape index (κ1) is 13.1. The number of para-hydroxylation sites is 1. The summed E-state index contributed by atoms with van der Waals surface area (Å²) in [6.45, 7) is 0. The van der Waals surface area contributed by atoms with Crippen LogP contribution in [-0.2, 0) is 0 Å². The second-order valence-electron chi connectivity index (χ2n) is 3.53. The fraction of sp³-hybridized carbons (Fsp3) is 0. The van der Waals surface area contributed by atoms with Gasteiger partial charge in [-0.3, -0.25) is 10.1 Å². The second kappa shape index (κ2) is 5.53. The molecule has 0 radical (unpaired) electrons. The maximum absolute atomic E-state index is 10.7. The molecule has 0 aliphatic heterocycles. The molecule has 0 fully saturated rings. The van der Waals surface area contributed by atoms with Crippen LogP contribution < -0.4 is 5.32 Å². The molecular formula is C12H8ClIN2O2. The van der Waals surface area contributed by atoms with Gasteiger partial charge in [0.25, 0.3) is 5.69 Å². The smallest absolute Gasteiger partial charge is 0.282 e. The first-order valence-corrected chi connectivity index (χ1v) is 6.49. The van der Waals surface area contributed by atoms with Gasteiger partial charge in [-0.1, -0.05) is 23.7 Å². The van der Waals surface area contributed by atoms with Crippen LogP contribution in [0.5, 0.6) is 0 Å². The van der Waals surface area contributed by atoms with Crippen molar-refractivity contribution in [3.63, 3.8) is 0 Å². The monoisotopic (exact) mass is 374 g/mol. The molecule has 18 heavy (non-hydrogen) atoms. The minimum atomic E-state index is -0.402. The summed E-state index contributed by atoms with van der Waals surface area (Å²) in [5, 5.41) is 14.4. The molecule has 4 nitrogen and oxygen atoms in total. The zero-order valence-corrected chi connectivity index (χ0v) is 12.0. The van der Waals surface area contributed by atoms with Gasteiger partial charge in [-0.25, -0.2) is 0 Å². The molecule has 0 saturated heterocycles. The maximum atomic E-state index is 10.7. The normalized spacial score (nSPS) is 10.1. The molecule has 0 heterocycles. The van der Waals surface area contributed by atoms with Crippen molar-refractivity contribution < 1.29 is 4.92 Å². The van der Waals surface area contributed by atoms with Gasteiger partial charge in [0, 0.05) is 11.8 Å². The third kappa shape index (κ3) is 2.91. The van der Waals surface area contributed by atoms with E-state index in [1.165, 1.54) is 6.07 Å². The number of nitrogens with zero attached hydrogens (tertiary/aromatic N) is 1. The zero-order chi connectivity index (χ0) is 13.1. The number of rotatable bonds is 3. The Hall–Kier alpha value is -1.34. The van der Waals surface area contributed by atoms with E-state index in [9.17, 15) is 10.1 Å². The van der Waals surface area contributed by atoms with E-state index in [-0.39, 0.29) is 5.69 Å². The van der Waals surface area contributed by atoms with Crippen LogP contribution in [0.15, 0.2) is 42.5 Å². The Labute approximate surface area is 122 Å². The number of hydrogen-bond donors (Lipinski definition) is 1. The molecule has 0 amide bonds. The highest BCUT2D eigenvalue weighted by atomic mass is 127. The molecule has 1 N–H and O–H groups in total. The summed E-state index contributed by atoms with van der Waals surface area (Å²) in [6.07, 6.45) is 0. The molecule has 0 aliphatic carbocycles. The Bertz CT molecular complexity index is 604. The molecule has 0 aromatic heterocycles. The van der Waals surface area contributed by atoms with Crippen molar-refractivity contribution in [3.05, 3.63) is 61.2 Å². The lowest BCUT2D eigenvalue weighted by Crippen LogP contribution is -1.95. The highest BCUT2D eigenvalue weighted by Crippen LogP contribution is 2.28. The van der Waals surface area contributed by atoms with Gasteiger partial charge < -0.3 is 5.32 Å². The van der Waals surface area contributed by atoms with Crippen LogP contribution in [0.1, 0.15) is 0 Å². The van der Waals surface area contributed by atoms with Gasteiger partial charge in [0.05, 0.1) is 19.2 Å². The predicted octanol–water partition coefficient (Wildman–Crippen LogP) is 4.60. The van der Waals surface area contributed by atoms with Gasteiger partial charge in [-0.2, -0.15) is 0 Å². The van der Waals surface area contributed by atoms with Crippen LogP contribution in [0.4, 0.5) is 17.1 Å². The molecule has 2 aromatic carbocycles. The van der Waals surface area contributed by atoms with E-state index in [1.807, 2.05) is 40.8 Å². The number of nitro groups is 1. The molecular weight excluding hydrogens is 367 g/mol. The molecule has 6 heteroatoms. The van der Waals surface area contributed by atoms with E-state index in [1.54, 1.807) is 18.2 Å². The highest BCUT2D eigenvalue weighted by Gasteiger charge is 2.11. The Morgan fingerprint density at radius 2 is 1.94 bits per heavy atom. The number of halogens is 2. The summed E-state index contributed by atoms with van der Waals surface area (Å²) in [6, 6.07) is 12.2. The van der Waals surface area contributed by atoms with E-state index in [0.717, 1.165) is 11.4 Å². The first-order chi connectivity index (χ1) is 8.58. The summed E-state index contributed by atoms with van der Waals surface area (Å²) in [4.78, 5) is 10.3. The van der Waals surface area contributed by atoms with Crippen molar-refractivity contribution in [1.29, 1.82) is 0 Å². The van der Waals surface area contributed by atoms with Crippen LogP contribution in [0.25, 0.3) is 0 Å². The van der Waals surface area contributed by atoms with Crippen molar-refractivity contribution in [1.82, 2.24) is 0 Å². The summed E-state index contributed by atoms with van der Waals surface area (Å²) in [7, 11) is 0. The first-order valence-electron chi connectivity index (χ1n) is 5.03. The number of anilines is 2. The zero-order valence-electron chi connectivity index (χ0n) is 9.06. The Balaban J connectivity index is 2.29. The van der Waals surface area contributed by atoms with Crippen molar-refractivity contribution in [2.45, 2.75) is 0 Å². The molecule has 0 saturated carbocycles. The molecule has 0 unspecified atom stereocenters. The SMILES string of the molecule is O=[N+]([O-])c1ccc(Nc2ccccc2Cl)cc1I. The maximum Gasteiger partial charge on any atom is 0.282 e. The quantitative estimate of drug-likeness (QED) is 0.485. The van der Waals surface area contributed by atoms with E-state index < -0.39 is 4.92 Å². The second-order valence-corrected chi connectivity index (χ2v) is 5.10. The molecule has 92 valence electrons. The third-order valence-corrected chi connectivity index (χ3v) is 3.49. The van der Waals surface area contributed by atoms with E-state index in [0.29, 0.717) is 8.59 Å². The van der Waals surface area contributed by atoms with Crippen LogP contribution in [0, 0.1) is 13.7 Å². The summed E-state index contributed by atoms with van der Waals surface area (Å²) in [5.41, 5.74) is 1.63. The lowest BCUT2D eigenvalue weighted by molar-refractivity contribution is -0.385. The topological polar surface area (TPSA) is 55.2 Å². The summed E-state index contributed by atoms with van der Waals surface area (Å²) < 4.78 is 0.578. The van der Waals surface area contributed by atoms with Crippen molar-refractivity contribution in [2.75, 3.05) is 5.32 Å². The van der Waals surface area contributed by atoms with Gasteiger partial charge in [0.1, 0.15) is 0 Å². The van der Waals surface area contributed by atoms with Gasteiger partial charge in [0.2, 0.25) is 0 Å². The fourth-order valence-corrected chi connectivity index (χ4v) is 2.35. The van der Waals surface area contributed by atoms with E-state index in [2.05, 4.69) is 5.32 Å². The molecule has 2 rings (SSSR count).